The second-order valence-corrected chi connectivity index (χ2v) is 20.0. The highest BCUT2D eigenvalue weighted by Gasteiger charge is 2.48. The summed E-state index contributed by atoms with van der Waals surface area (Å²) in [5, 5.41) is 11.4. The zero-order valence-electron chi connectivity index (χ0n) is 26.4. The van der Waals surface area contributed by atoms with Crippen molar-refractivity contribution in [3.63, 3.8) is 0 Å². The third kappa shape index (κ3) is 6.88. The van der Waals surface area contributed by atoms with E-state index < -0.39 is 14.9 Å². The van der Waals surface area contributed by atoms with E-state index in [2.05, 4.69) is 169 Å². The molecule has 0 bridgehead atoms. The van der Waals surface area contributed by atoms with Crippen molar-refractivity contribution in [2.45, 2.75) is 79.1 Å². The molecule has 2 atom stereocenters. The van der Waals surface area contributed by atoms with E-state index in [9.17, 15) is 0 Å². The lowest BCUT2D eigenvalue weighted by molar-refractivity contribution is 0.839. The number of hydrogen-bond acceptors (Lipinski definition) is 2. The van der Waals surface area contributed by atoms with Gasteiger partial charge < -0.3 is 5.09 Å². The van der Waals surface area contributed by atoms with E-state index >= 15 is 0 Å². The van der Waals surface area contributed by atoms with Crippen molar-refractivity contribution in [3.05, 3.63) is 119 Å². The van der Waals surface area contributed by atoms with Crippen molar-refractivity contribution in [1.82, 2.24) is 0 Å². The van der Waals surface area contributed by atoms with Gasteiger partial charge in [0.25, 0.3) is 0 Å². The molecule has 2 unspecified atom stereocenters. The molecule has 0 amide bonds. The van der Waals surface area contributed by atoms with Crippen LogP contribution in [0.5, 0.6) is 0 Å². The van der Waals surface area contributed by atoms with E-state index in [-0.39, 0.29) is 0 Å². The molecule has 4 aromatic rings. The van der Waals surface area contributed by atoms with Gasteiger partial charge in [-0.15, -0.1) is 0 Å². The maximum atomic E-state index is 4.37. The minimum Gasteiger partial charge on any atom is -0.327 e. The van der Waals surface area contributed by atoms with Gasteiger partial charge in [-0.05, 0) is 70.2 Å². The number of nitrogens with one attached hydrogen (secondary N) is 2. The quantitative estimate of drug-likeness (QED) is 0.172. The van der Waals surface area contributed by atoms with Crippen LogP contribution in [-0.4, -0.2) is 6.66 Å². The fourth-order valence-electron chi connectivity index (χ4n) is 5.60. The summed E-state index contributed by atoms with van der Waals surface area (Å²) >= 11 is 0. The second-order valence-electron chi connectivity index (χ2n) is 12.4. The van der Waals surface area contributed by atoms with Gasteiger partial charge in [0.15, 0.2) is 7.10 Å². The lowest BCUT2D eigenvalue weighted by Crippen LogP contribution is -2.24. The Kier molecular flexibility index (Phi) is 10.3. The summed E-state index contributed by atoms with van der Waals surface area (Å²) in [6.45, 7) is 21.0. The van der Waals surface area contributed by atoms with Crippen LogP contribution in [0.4, 0.5) is 11.4 Å². The molecule has 0 aliphatic rings. The van der Waals surface area contributed by atoms with Gasteiger partial charge in [0.1, 0.15) is 5.30 Å². The molecule has 0 heterocycles. The van der Waals surface area contributed by atoms with Gasteiger partial charge in [-0.25, -0.2) is 0 Å². The van der Waals surface area contributed by atoms with Gasteiger partial charge >= 0.3 is 0 Å². The van der Waals surface area contributed by atoms with Gasteiger partial charge in [0, 0.05) is 11.0 Å². The highest BCUT2D eigenvalue weighted by Crippen LogP contribution is 2.79. The van der Waals surface area contributed by atoms with Gasteiger partial charge in [0.05, 0.1) is 12.4 Å². The molecule has 4 heteroatoms. The van der Waals surface area contributed by atoms with E-state index in [0.29, 0.717) is 23.7 Å². The summed E-state index contributed by atoms with van der Waals surface area (Å²) in [6.07, 6.45) is 0. The molecule has 0 radical (unpaired) electrons. The van der Waals surface area contributed by atoms with Crippen molar-refractivity contribution in [1.29, 1.82) is 0 Å². The molecule has 0 saturated carbocycles. The molecule has 216 valence electrons. The van der Waals surface area contributed by atoms with E-state index in [1.807, 2.05) is 0 Å². The lowest BCUT2D eigenvalue weighted by atomic mass is 9.93. The van der Waals surface area contributed by atoms with Gasteiger partial charge in [-0.1, -0.05) is 128 Å². The fourth-order valence-corrected chi connectivity index (χ4v) is 13.6. The predicted molar refractivity (Wildman–Crippen MR) is 188 cm³/mol. The molecule has 2 N–H and O–H groups in total. The highest BCUT2D eigenvalue weighted by atomic mass is 32.1. The number of para-hydroxylation sites is 2. The average Bonchev–Trinajstić information content (AvgIpc) is 2.96. The summed E-state index contributed by atoms with van der Waals surface area (Å²) in [7, 11) is -2.94. The molecule has 4 aromatic carbocycles. The first-order valence-corrected chi connectivity index (χ1v) is 19.4. The molecular formula is C37H49N2P2+. The number of anilines is 2. The Labute approximate surface area is 251 Å². The van der Waals surface area contributed by atoms with E-state index in [4.69, 9.17) is 0 Å². The largest absolute Gasteiger partial charge is 0.327 e. The van der Waals surface area contributed by atoms with Crippen molar-refractivity contribution >= 4 is 36.8 Å². The normalized spacial score (nSPS) is 14.0. The van der Waals surface area contributed by atoms with Crippen LogP contribution in [-0.2, 0) is 0 Å². The van der Waals surface area contributed by atoms with E-state index in [1.54, 1.807) is 0 Å². The van der Waals surface area contributed by atoms with Crippen molar-refractivity contribution in [2.24, 2.45) is 0 Å². The zero-order valence-corrected chi connectivity index (χ0v) is 28.2. The molecule has 0 aliphatic heterocycles. The first kappa shape index (κ1) is 31.3. The van der Waals surface area contributed by atoms with Crippen LogP contribution in [0, 0.1) is 0 Å². The smallest absolute Gasteiger partial charge is 0.216 e. The van der Waals surface area contributed by atoms with Gasteiger partial charge in [-0.2, -0.15) is 0 Å². The number of hydrogen-bond donors (Lipinski definition) is 2. The summed E-state index contributed by atoms with van der Waals surface area (Å²) in [4.78, 5) is 0. The summed E-state index contributed by atoms with van der Waals surface area (Å²) in [5.41, 5.74) is 8.22. The average molecular weight is 584 g/mol. The second kappa shape index (κ2) is 13.5. The lowest BCUT2D eigenvalue weighted by Gasteiger charge is -2.35. The highest BCUT2D eigenvalue weighted by molar-refractivity contribution is 8.45. The van der Waals surface area contributed by atoms with E-state index in [0.717, 1.165) is 0 Å². The van der Waals surface area contributed by atoms with Crippen LogP contribution in [0.3, 0.4) is 0 Å². The molecule has 0 spiro atoms. The Morgan fingerprint density at radius 2 is 0.878 bits per heavy atom. The minimum atomic E-state index is -2.07. The number of rotatable bonds is 11. The summed E-state index contributed by atoms with van der Waals surface area (Å²) < 4.78 is 0. The third-order valence-electron chi connectivity index (χ3n) is 7.95. The van der Waals surface area contributed by atoms with Crippen molar-refractivity contribution in [2.75, 3.05) is 16.8 Å². The topological polar surface area (TPSA) is 24.1 Å². The first-order valence-electron chi connectivity index (χ1n) is 15.1. The molecule has 4 rings (SSSR count). The predicted octanol–water partition coefficient (Wildman–Crippen LogP) is 11.2. The molecule has 0 saturated heterocycles. The first-order chi connectivity index (χ1) is 19.5. The van der Waals surface area contributed by atoms with Crippen molar-refractivity contribution in [3.8, 4) is 0 Å². The monoisotopic (exact) mass is 583 g/mol. The number of benzene rings is 4. The molecule has 0 fully saturated rings. The zero-order chi connectivity index (χ0) is 29.7. The van der Waals surface area contributed by atoms with E-state index in [1.165, 1.54) is 44.2 Å². The van der Waals surface area contributed by atoms with Gasteiger partial charge in [0.2, 0.25) is 7.76 Å². The Hall–Kier alpha value is -2.66. The van der Waals surface area contributed by atoms with Crippen LogP contribution < -0.4 is 20.8 Å². The SMILES string of the molecule is CC(C)c1cccc(C(C)C)c1NP(c1ccccc1)[P+](C)(Nc1c(C(C)C)cccc1C(C)C)c1ccccc1. The molecular weight excluding hydrogens is 534 g/mol. The Morgan fingerprint density at radius 1 is 0.488 bits per heavy atom. The van der Waals surface area contributed by atoms with Crippen LogP contribution in [0.2, 0.25) is 0 Å². The molecule has 0 aromatic heterocycles. The maximum Gasteiger partial charge on any atom is 0.216 e. The minimum absolute atomic E-state index is 0.422. The van der Waals surface area contributed by atoms with Gasteiger partial charge in [-0.3, -0.25) is 5.09 Å². The molecule has 2 nitrogen and oxygen atoms in total. The van der Waals surface area contributed by atoms with Crippen LogP contribution in [0.25, 0.3) is 0 Å². The molecule has 41 heavy (non-hydrogen) atoms. The Balaban J connectivity index is 2.01. The Morgan fingerprint density at radius 3 is 1.29 bits per heavy atom. The maximum absolute atomic E-state index is 4.37. The molecule has 0 aliphatic carbocycles. The Bertz CT molecular complexity index is 1360. The van der Waals surface area contributed by atoms with Crippen LogP contribution in [0.1, 0.15) is 101 Å². The third-order valence-corrected chi connectivity index (χ3v) is 16.3. The van der Waals surface area contributed by atoms with Crippen LogP contribution in [0.15, 0.2) is 97.1 Å². The summed E-state index contributed by atoms with van der Waals surface area (Å²) in [5.74, 6) is 1.69. The summed E-state index contributed by atoms with van der Waals surface area (Å²) in [6, 6.07) is 36.1. The fraction of sp³-hybridized carbons (Fsp3) is 0.351. The standard InChI is InChI=1S/C37H49N2P2/c1-26(2)32-22-16-23-33(27(3)4)36(32)38-40(30-18-12-10-13-19-30)41(9,31-20-14-11-15-21-31)39-37-34(28(5)6)24-17-25-35(37)29(7)8/h10-29,38-39H,1-9H3/q+1. The van der Waals surface area contributed by atoms with Crippen molar-refractivity contribution < 1.29 is 0 Å². The van der Waals surface area contributed by atoms with Crippen LogP contribution >= 0.6 is 14.9 Å².